The molecule has 0 saturated carbocycles. The molecule has 0 radical (unpaired) electrons. The molecule has 0 bridgehead atoms. The average Bonchev–Trinajstić information content (AvgIpc) is 2.10. The maximum Gasteiger partial charge on any atom is 0.307 e. The zero-order valence-corrected chi connectivity index (χ0v) is 13.4. The number of hydrogen-bond acceptors (Lipinski definition) is 2. The molecule has 0 aromatic heterocycles. The number of hydrogen-bond donors (Lipinski definition) is 1. The van der Waals surface area contributed by atoms with Gasteiger partial charge in [-0.25, -0.2) is 0 Å². The van der Waals surface area contributed by atoms with Gasteiger partial charge in [0.2, 0.25) is 0 Å². The Balaban J connectivity index is 4.69. The third-order valence-electron chi connectivity index (χ3n) is 4.01. The highest BCUT2D eigenvalue weighted by molar-refractivity contribution is 5.71. The van der Waals surface area contributed by atoms with Crippen molar-refractivity contribution in [2.75, 3.05) is 13.6 Å². The van der Waals surface area contributed by atoms with Crippen LogP contribution in [0.15, 0.2) is 0 Å². The molecule has 0 spiro atoms. The lowest BCUT2D eigenvalue weighted by Gasteiger charge is -2.38. The van der Waals surface area contributed by atoms with Crippen molar-refractivity contribution >= 4 is 5.97 Å². The quantitative estimate of drug-likeness (QED) is 0.792. The predicted octanol–water partition coefficient (Wildman–Crippen LogP) is 3.49. The van der Waals surface area contributed by atoms with Gasteiger partial charge in [-0.15, -0.1) is 0 Å². The van der Waals surface area contributed by atoms with Crippen LogP contribution in [0.3, 0.4) is 0 Å². The molecule has 3 nitrogen and oxygen atoms in total. The van der Waals surface area contributed by atoms with Crippen LogP contribution in [-0.4, -0.2) is 35.1 Å². The maximum absolute atomic E-state index is 11.4. The van der Waals surface area contributed by atoms with Gasteiger partial charge < -0.3 is 10.0 Å². The fraction of sp³-hybridized carbons (Fsp3) is 0.933. The fourth-order valence-corrected chi connectivity index (χ4v) is 2.47. The molecule has 18 heavy (non-hydrogen) atoms. The van der Waals surface area contributed by atoms with Crippen molar-refractivity contribution < 1.29 is 9.90 Å². The van der Waals surface area contributed by atoms with Gasteiger partial charge in [0, 0.05) is 5.54 Å². The molecule has 1 atom stereocenters. The maximum atomic E-state index is 11.4. The average molecular weight is 257 g/mol. The molecule has 108 valence electrons. The third-order valence-corrected chi connectivity index (χ3v) is 4.01. The summed E-state index contributed by atoms with van der Waals surface area (Å²) in [4.78, 5) is 13.7. The van der Waals surface area contributed by atoms with E-state index in [0.717, 1.165) is 13.0 Å². The third kappa shape index (κ3) is 4.97. The van der Waals surface area contributed by atoms with Crippen LogP contribution in [0.5, 0.6) is 0 Å². The second kappa shape index (κ2) is 6.05. The van der Waals surface area contributed by atoms with Crippen LogP contribution in [-0.2, 0) is 4.79 Å². The second-order valence-electron chi connectivity index (χ2n) is 7.39. The van der Waals surface area contributed by atoms with E-state index in [0.29, 0.717) is 0 Å². The van der Waals surface area contributed by atoms with E-state index in [9.17, 15) is 9.90 Å². The van der Waals surface area contributed by atoms with Gasteiger partial charge in [-0.2, -0.15) is 0 Å². The van der Waals surface area contributed by atoms with E-state index in [1.807, 2.05) is 13.8 Å². The molecule has 1 unspecified atom stereocenters. The van der Waals surface area contributed by atoms with E-state index in [4.69, 9.17) is 0 Å². The van der Waals surface area contributed by atoms with Crippen LogP contribution < -0.4 is 0 Å². The molecular formula is C15H31NO2. The van der Waals surface area contributed by atoms with E-state index in [1.54, 1.807) is 0 Å². The Morgan fingerprint density at radius 1 is 1.17 bits per heavy atom. The van der Waals surface area contributed by atoms with Gasteiger partial charge in [0.25, 0.3) is 0 Å². The minimum atomic E-state index is -0.673. The van der Waals surface area contributed by atoms with Gasteiger partial charge in [0.15, 0.2) is 0 Å². The molecule has 3 heteroatoms. The van der Waals surface area contributed by atoms with Crippen molar-refractivity contribution in [3.8, 4) is 0 Å². The summed E-state index contributed by atoms with van der Waals surface area (Å²) in [5, 5.41) is 9.39. The van der Waals surface area contributed by atoms with Crippen molar-refractivity contribution in [3.05, 3.63) is 0 Å². The smallest absolute Gasteiger partial charge is 0.307 e. The lowest BCUT2D eigenvalue weighted by molar-refractivity contribution is -0.148. The van der Waals surface area contributed by atoms with Gasteiger partial charge in [0.05, 0.1) is 5.92 Å². The van der Waals surface area contributed by atoms with Crippen molar-refractivity contribution in [2.45, 2.75) is 60.4 Å². The molecule has 1 N–H and O–H groups in total. The van der Waals surface area contributed by atoms with E-state index in [-0.39, 0.29) is 22.8 Å². The summed E-state index contributed by atoms with van der Waals surface area (Å²) >= 11 is 0. The molecule has 0 aromatic rings. The van der Waals surface area contributed by atoms with E-state index >= 15 is 0 Å². The molecule has 0 amide bonds. The van der Waals surface area contributed by atoms with Crippen LogP contribution in [0, 0.1) is 17.3 Å². The van der Waals surface area contributed by atoms with Gasteiger partial charge in [-0.3, -0.25) is 4.79 Å². The first-order chi connectivity index (χ1) is 7.89. The van der Waals surface area contributed by atoms with Crippen molar-refractivity contribution in [2.24, 2.45) is 17.3 Å². The summed E-state index contributed by atoms with van der Waals surface area (Å²) in [6, 6.07) is 0. The van der Waals surface area contributed by atoms with Crippen LogP contribution >= 0.6 is 0 Å². The standard InChI is InChI=1S/C15H31NO2/c1-11(2)12(13(17)18)15(6,7)9-10-16(8)14(3,4)5/h11-12H,9-10H2,1-8H3,(H,17,18). The largest absolute Gasteiger partial charge is 0.481 e. The number of nitrogens with zero attached hydrogens (tertiary/aromatic N) is 1. The molecule has 0 fully saturated rings. The first-order valence-electron chi connectivity index (χ1n) is 6.83. The molecule has 0 heterocycles. The van der Waals surface area contributed by atoms with Crippen LogP contribution in [0.1, 0.15) is 54.9 Å². The summed E-state index contributed by atoms with van der Waals surface area (Å²) in [6.07, 6.45) is 0.899. The van der Waals surface area contributed by atoms with E-state index < -0.39 is 5.97 Å². The molecule has 0 aromatic carbocycles. The van der Waals surface area contributed by atoms with Crippen molar-refractivity contribution in [1.82, 2.24) is 4.90 Å². The highest BCUT2D eigenvalue weighted by atomic mass is 16.4. The first kappa shape index (κ1) is 17.4. The van der Waals surface area contributed by atoms with Gasteiger partial charge >= 0.3 is 5.97 Å². The molecule has 0 rings (SSSR count). The van der Waals surface area contributed by atoms with Gasteiger partial charge in [-0.05, 0) is 52.1 Å². The molecule has 0 aliphatic heterocycles. The van der Waals surface area contributed by atoms with Gasteiger partial charge in [0.1, 0.15) is 0 Å². The Morgan fingerprint density at radius 2 is 1.61 bits per heavy atom. The normalized spacial score (nSPS) is 15.2. The Labute approximate surface area is 113 Å². The summed E-state index contributed by atoms with van der Waals surface area (Å²) in [5.74, 6) is -0.795. The topological polar surface area (TPSA) is 40.5 Å². The monoisotopic (exact) mass is 257 g/mol. The predicted molar refractivity (Wildman–Crippen MR) is 76.7 cm³/mol. The zero-order chi connectivity index (χ0) is 14.7. The second-order valence-corrected chi connectivity index (χ2v) is 7.39. The first-order valence-corrected chi connectivity index (χ1v) is 6.83. The zero-order valence-electron chi connectivity index (χ0n) is 13.4. The van der Waals surface area contributed by atoms with Crippen molar-refractivity contribution in [3.63, 3.8) is 0 Å². The molecular weight excluding hydrogens is 226 g/mol. The van der Waals surface area contributed by atoms with Crippen LogP contribution in [0.25, 0.3) is 0 Å². The number of carboxylic acid groups (broad SMARTS) is 1. The summed E-state index contributed by atoms with van der Waals surface area (Å²) in [5.41, 5.74) is -0.0495. The van der Waals surface area contributed by atoms with Crippen LogP contribution in [0.4, 0.5) is 0 Å². The SMILES string of the molecule is CC(C)C(C(=O)O)C(C)(C)CCN(C)C(C)(C)C. The van der Waals surface area contributed by atoms with Crippen LogP contribution in [0.2, 0.25) is 0 Å². The highest BCUT2D eigenvalue weighted by Gasteiger charge is 2.37. The Hall–Kier alpha value is -0.570. The summed E-state index contributed by atoms with van der Waals surface area (Å²) < 4.78 is 0. The number of carboxylic acids is 1. The summed E-state index contributed by atoms with van der Waals surface area (Å²) in [6.45, 7) is 15.6. The van der Waals surface area contributed by atoms with E-state index in [1.165, 1.54) is 0 Å². The minimum Gasteiger partial charge on any atom is -0.481 e. The molecule has 0 saturated heterocycles. The van der Waals surface area contributed by atoms with Gasteiger partial charge in [-0.1, -0.05) is 27.7 Å². The molecule has 0 aliphatic carbocycles. The number of aliphatic carboxylic acids is 1. The Bertz CT molecular complexity index is 277. The fourth-order valence-electron chi connectivity index (χ4n) is 2.47. The summed E-state index contributed by atoms with van der Waals surface area (Å²) in [7, 11) is 2.10. The lowest BCUT2D eigenvalue weighted by Crippen LogP contribution is -2.42. The molecule has 0 aliphatic rings. The van der Waals surface area contributed by atoms with Crippen molar-refractivity contribution in [1.29, 1.82) is 0 Å². The number of carbonyl (C=O) groups is 1. The lowest BCUT2D eigenvalue weighted by atomic mass is 9.70. The van der Waals surface area contributed by atoms with E-state index in [2.05, 4.69) is 46.6 Å². The number of rotatable bonds is 6. The minimum absolute atomic E-state index is 0.132. The Kier molecular flexibility index (Phi) is 5.86. The highest BCUT2D eigenvalue weighted by Crippen LogP contribution is 2.36. The Morgan fingerprint density at radius 3 is 1.89 bits per heavy atom.